The zero-order valence-corrected chi connectivity index (χ0v) is 9.13. The SMILES string of the molecule is CC(O)C1CCN(Cc2ccncc2)C1. The van der Waals surface area contributed by atoms with Gasteiger partial charge in [-0.3, -0.25) is 9.88 Å². The van der Waals surface area contributed by atoms with Crippen LogP contribution in [-0.2, 0) is 6.54 Å². The zero-order chi connectivity index (χ0) is 10.7. The Labute approximate surface area is 90.8 Å². The van der Waals surface area contributed by atoms with Gasteiger partial charge >= 0.3 is 0 Å². The summed E-state index contributed by atoms with van der Waals surface area (Å²) in [4.78, 5) is 6.40. The van der Waals surface area contributed by atoms with Crippen molar-refractivity contribution in [3.05, 3.63) is 30.1 Å². The van der Waals surface area contributed by atoms with E-state index in [9.17, 15) is 5.11 Å². The first-order valence-electron chi connectivity index (χ1n) is 5.55. The topological polar surface area (TPSA) is 36.4 Å². The number of aromatic nitrogens is 1. The minimum atomic E-state index is -0.174. The molecule has 0 saturated carbocycles. The summed E-state index contributed by atoms with van der Waals surface area (Å²) in [6.07, 6.45) is 4.60. The number of nitrogens with zero attached hydrogens (tertiary/aromatic N) is 2. The van der Waals surface area contributed by atoms with Crippen molar-refractivity contribution < 1.29 is 5.11 Å². The third kappa shape index (κ3) is 2.76. The molecule has 0 aromatic carbocycles. The Morgan fingerprint density at radius 3 is 2.87 bits per heavy atom. The van der Waals surface area contributed by atoms with Crippen molar-refractivity contribution in [3.8, 4) is 0 Å². The molecule has 2 atom stereocenters. The van der Waals surface area contributed by atoms with Crippen LogP contribution >= 0.6 is 0 Å². The van der Waals surface area contributed by atoms with Crippen LogP contribution < -0.4 is 0 Å². The minimum Gasteiger partial charge on any atom is -0.393 e. The molecule has 0 spiro atoms. The van der Waals surface area contributed by atoms with Gasteiger partial charge in [-0.1, -0.05) is 0 Å². The van der Waals surface area contributed by atoms with Gasteiger partial charge in [0.15, 0.2) is 0 Å². The Morgan fingerprint density at radius 1 is 1.53 bits per heavy atom. The predicted octanol–water partition coefficient (Wildman–Crippen LogP) is 1.28. The molecule has 0 amide bonds. The first-order chi connectivity index (χ1) is 7.25. The van der Waals surface area contributed by atoms with E-state index in [4.69, 9.17) is 0 Å². The highest BCUT2D eigenvalue weighted by atomic mass is 16.3. The normalized spacial score (nSPS) is 24.3. The standard InChI is InChI=1S/C12H18N2O/c1-10(15)12-4-7-14(9-12)8-11-2-5-13-6-3-11/h2-3,5-6,10,12,15H,4,7-9H2,1H3. The molecule has 1 aromatic rings. The van der Waals surface area contributed by atoms with Gasteiger partial charge in [-0.15, -0.1) is 0 Å². The fourth-order valence-corrected chi connectivity index (χ4v) is 2.15. The summed E-state index contributed by atoms with van der Waals surface area (Å²) in [6.45, 7) is 4.98. The van der Waals surface area contributed by atoms with E-state index < -0.39 is 0 Å². The van der Waals surface area contributed by atoms with Gasteiger partial charge in [0.2, 0.25) is 0 Å². The lowest BCUT2D eigenvalue weighted by atomic mass is 10.0. The Morgan fingerprint density at radius 2 is 2.27 bits per heavy atom. The zero-order valence-electron chi connectivity index (χ0n) is 9.13. The Balaban J connectivity index is 1.88. The summed E-state index contributed by atoms with van der Waals surface area (Å²) < 4.78 is 0. The Hall–Kier alpha value is -0.930. The van der Waals surface area contributed by atoms with Gasteiger partial charge in [0.25, 0.3) is 0 Å². The number of hydrogen-bond donors (Lipinski definition) is 1. The summed E-state index contributed by atoms with van der Waals surface area (Å²) in [6, 6.07) is 4.10. The highest BCUT2D eigenvalue weighted by Crippen LogP contribution is 2.21. The van der Waals surface area contributed by atoms with E-state index in [1.165, 1.54) is 5.56 Å². The Bertz CT molecular complexity index is 300. The summed E-state index contributed by atoms with van der Waals surface area (Å²) >= 11 is 0. The maximum absolute atomic E-state index is 9.50. The van der Waals surface area contributed by atoms with Crippen molar-refractivity contribution in [1.82, 2.24) is 9.88 Å². The van der Waals surface area contributed by atoms with E-state index in [1.54, 1.807) is 0 Å². The molecule has 2 rings (SSSR count). The van der Waals surface area contributed by atoms with Crippen LogP contribution in [0.5, 0.6) is 0 Å². The second-order valence-corrected chi connectivity index (χ2v) is 4.38. The molecule has 1 aromatic heterocycles. The van der Waals surface area contributed by atoms with Crippen molar-refractivity contribution >= 4 is 0 Å². The number of pyridine rings is 1. The second kappa shape index (κ2) is 4.73. The quantitative estimate of drug-likeness (QED) is 0.809. The molecule has 1 fully saturated rings. The van der Waals surface area contributed by atoms with Gasteiger partial charge in [0, 0.05) is 25.5 Å². The summed E-state index contributed by atoms with van der Waals surface area (Å²) in [5.74, 6) is 0.451. The number of rotatable bonds is 3. The number of likely N-dealkylation sites (tertiary alicyclic amines) is 1. The molecule has 0 aliphatic carbocycles. The lowest BCUT2D eigenvalue weighted by molar-refractivity contribution is 0.127. The molecule has 1 N–H and O–H groups in total. The number of hydrogen-bond acceptors (Lipinski definition) is 3. The minimum absolute atomic E-state index is 0.174. The van der Waals surface area contributed by atoms with Crippen LogP contribution in [0.4, 0.5) is 0 Å². The average Bonchev–Trinajstić information content (AvgIpc) is 2.68. The van der Waals surface area contributed by atoms with Gasteiger partial charge in [0.1, 0.15) is 0 Å². The van der Waals surface area contributed by atoms with E-state index in [0.717, 1.165) is 26.1 Å². The van der Waals surface area contributed by atoms with Crippen LogP contribution in [0.3, 0.4) is 0 Å². The van der Waals surface area contributed by atoms with E-state index in [1.807, 2.05) is 19.3 Å². The molecule has 3 heteroatoms. The fraction of sp³-hybridized carbons (Fsp3) is 0.583. The molecule has 0 radical (unpaired) electrons. The van der Waals surface area contributed by atoms with E-state index in [0.29, 0.717) is 5.92 Å². The third-order valence-electron chi connectivity index (χ3n) is 3.15. The van der Waals surface area contributed by atoms with Gasteiger partial charge < -0.3 is 5.11 Å². The molecule has 1 aliphatic rings. The maximum atomic E-state index is 9.50. The molecular weight excluding hydrogens is 188 g/mol. The second-order valence-electron chi connectivity index (χ2n) is 4.38. The lowest BCUT2D eigenvalue weighted by Gasteiger charge is -2.17. The Kier molecular flexibility index (Phi) is 3.34. The molecule has 2 unspecified atom stereocenters. The van der Waals surface area contributed by atoms with Crippen LogP contribution in [-0.4, -0.2) is 34.2 Å². The van der Waals surface area contributed by atoms with Crippen LogP contribution in [0.15, 0.2) is 24.5 Å². The lowest BCUT2D eigenvalue weighted by Crippen LogP contribution is -2.23. The summed E-state index contributed by atoms with van der Waals surface area (Å²) in [7, 11) is 0. The largest absolute Gasteiger partial charge is 0.393 e. The van der Waals surface area contributed by atoms with Gasteiger partial charge in [-0.25, -0.2) is 0 Å². The van der Waals surface area contributed by atoms with Gasteiger partial charge in [-0.2, -0.15) is 0 Å². The van der Waals surface area contributed by atoms with Gasteiger partial charge in [-0.05, 0) is 43.5 Å². The first-order valence-corrected chi connectivity index (χ1v) is 5.55. The summed E-state index contributed by atoms with van der Waals surface area (Å²) in [5.41, 5.74) is 1.30. The van der Waals surface area contributed by atoms with Crippen LogP contribution in [0, 0.1) is 5.92 Å². The van der Waals surface area contributed by atoms with Gasteiger partial charge in [0.05, 0.1) is 6.10 Å². The van der Waals surface area contributed by atoms with Crippen LogP contribution in [0.25, 0.3) is 0 Å². The molecule has 0 bridgehead atoms. The molecule has 1 saturated heterocycles. The molecule has 2 heterocycles. The summed E-state index contributed by atoms with van der Waals surface area (Å²) in [5, 5.41) is 9.50. The van der Waals surface area contributed by atoms with Crippen molar-refractivity contribution in [3.63, 3.8) is 0 Å². The van der Waals surface area contributed by atoms with Crippen molar-refractivity contribution in [2.45, 2.75) is 26.0 Å². The third-order valence-corrected chi connectivity index (χ3v) is 3.15. The molecule has 15 heavy (non-hydrogen) atoms. The highest BCUT2D eigenvalue weighted by Gasteiger charge is 2.25. The fourth-order valence-electron chi connectivity index (χ4n) is 2.15. The highest BCUT2D eigenvalue weighted by molar-refractivity contribution is 5.09. The van der Waals surface area contributed by atoms with Crippen LogP contribution in [0.2, 0.25) is 0 Å². The monoisotopic (exact) mass is 206 g/mol. The van der Waals surface area contributed by atoms with E-state index in [-0.39, 0.29) is 6.10 Å². The number of aliphatic hydroxyl groups excluding tert-OH is 1. The van der Waals surface area contributed by atoms with E-state index in [2.05, 4.69) is 22.0 Å². The molecule has 1 aliphatic heterocycles. The van der Waals surface area contributed by atoms with Crippen molar-refractivity contribution in [2.24, 2.45) is 5.92 Å². The average molecular weight is 206 g/mol. The molecule has 82 valence electrons. The molecule has 3 nitrogen and oxygen atoms in total. The predicted molar refractivity (Wildman–Crippen MR) is 59.3 cm³/mol. The van der Waals surface area contributed by atoms with Crippen molar-refractivity contribution in [1.29, 1.82) is 0 Å². The van der Waals surface area contributed by atoms with Crippen molar-refractivity contribution in [2.75, 3.05) is 13.1 Å². The molecular formula is C12H18N2O. The maximum Gasteiger partial charge on any atom is 0.0552 e. The van der Waals surface area contributed by atoms with Crippen LogP contribution in [0.1, 0.15) is 18.9 Å². The number of aliphatic hydroxyl groups is 1. The van der Waals surface area contributed by atoms with E-state index >= 15 is 0 Å². The first kappa shape index (κ1) is 10.6. The smallest absolute Gasteiger partial charge is 0.0552 e.